The number of benzene rings is 2. The number of hydrogen-bond acceptors (Lipinski definition) is 5. The minimum Gasteiger partial charge on any atom is -0.496 e. The number of imide groups is 1. The van der Waals surface area contributed by atoms with Gasteiger partial charge in [0.25, 0.3) is 11.8 Å². The Morgan fingerprint density at radius 3 is 2.32 bits per heavy atom. The van der Waals surface area contributed by atoms with E-state index in [1.807, 2.05) is 0 Å². The average Bonchev–Trinajstić information content (AvgIpc) is 2.91. The molecule has 0 aliphatic carbocycles. The monoisotopic (exact) mass is 420 g/mol. The van der Waals surface area contributed by atoms with Gasteiger partial charge in [0.05, 0.1) is 25.0 Å². The fraction of sp³-hybridized carbons (Fsp3) is 0.200. The summed E-state index contributed by atoms with van der Waals surface area (Å²) < 4.78 is 5.38. The molecule has 0 aromatic heterocycles. The van der Waals surface area contributed by atoms with Crippen molar-refractivity contribution < 1.29 is 19.4 Å². The van der Waals surface area contributed by atoms with Crippen LogP contribution in [0.25, 0.3) is 5.57 Å². The number of nitrogens with zero attached hydrogens (tertiary/aromatic N) is 2. The third-order valence-corrected chi connectivity index (χ3v) is 4.79. The maximum Gasteiger partial charge on any atom is 0.282 e. The van der Waals surface area contributed by atoms with Crippen molar-refractivity contribution in [2.45, 2.75) is 0 Å². The van der Waals surface area contributed by atoms with Crippen molar-refractivity contribution in [2.75, 3.05) is 32.2 Å². The zero-order valence-electron chi connectivity index (χ0n) is 15.3. The van der Waals surface area contributed by atoms with Crippen molar-refractivity contribution in [3.63, 3.8) is 0 Å². The molecule has 1 N–H and O–H groups in total. The first-order valence-electron chi connectivity index (χ1n) is 8.43. The highest BCUT2D eigenvalue weighted by Crippen LogP contribution is 2.39. The van der Waals surface area contributed by atoms with Gasteiger partial charge in [-0.15, -0.1) is 0 Å². The van der Waals surface area contributed by atoms with Crippen LogP contribution in [0, 0.1) is 0 Å². The molecule has 1 aliphatic heterocycles. The molecular weight excluding hydrogens is 403 g/mol. The lowest BCUT2D eigenvalue weighted by atomic mass is 10.0. The Hall–Kier alpha value is -2.54. The van der Waals surface area contributed by atoms with E-state index in [1.54, 1.807) is 36.2 Å². The van der Waals surface area contributed by atoms with Gasteiger partial charge < -0.3 is 14.7 Å². The highest BCUT2D eigenvalue weighted by atomic mass is 35.5. The quantitative estimate of drug-likeness (QED) is 0.726. The predicted molar refractivity (Wildman–Crippen MR) is 109 cm³/mol. The van der Waals surface area contributed by atoms with E-state index >= 15 is 0 Å². The van der Waals surface area contributed by atoms with Gasteiger partial charge in [-0.3, -0.25) is 9.59 Å². The highest BCUT2D eigenvalue weighted by Gasteiger charge is 2.42. The molecule has 2 amide bonds. The van der Waals surface area contributed by atoms with Crippen LogP contribution in [0.2, 0.25) is 10.0 Å². The smallest absolute Gasteiger partial charge is 0.282 e. The van der Waals surface area contributed by atoms with Gasteiger partial charge >= 0.3 is 0 Å². The van der Waals surface area contributed by atoms with E-state index in [-0.39, 0.29) is 30.1 Å². The summed E-state index contributed by atoms with van der Waals surface area (Å²) in [4.78, 5) is 29.2. The van der Waals surface area contributed by atoms with E-state index in [2.05, 4.69) is 0 Å². The summed E-state index contributed by atoms with van der Waals surface area (Å²) in [6.45, 7) is 0.000806. The third kappa shape index (κ3) is 3.58. The molecule has 28 heavy (non-hydrogen) atoms. The lowest BCUT2D eigenvalue weighted by Crippen LogP contribution is -2.34. The fourth-order valence-corrected chi connectivity index (χ4v) is 3.65. The summed E-state index contributed by atoms with van der Waals surface area (Å²) in [7, 11) is 3.13. The summed E-state index contributed by atoms with van der Waals surface area (Å²) in [5.41, 5.74) is 1.11. The number of aliphatic hydroxyl groups is 1. The van der Waals surface area contributed by atoms with Crippen LogP contribution in [0.5, 0.6) is 5.75 Å². The number of hydrogen-bond donors (Lipinski definition) is 1. The second kappa shape index (κ2) is 8.22. The first kappa shape index (κ1) is 20.2. The van der Waals surface area contributed by atoms with Crippen LogP contribution in [0.15, 0.2) is 48.2 Å². The maximum atomic E-state index is 13.3. The van der Waals surface area contributed by atoms with Crippen LogP contribution in [0.1, 0.15) is 5.56 Å². The second-order valence-electron chi connectivity index (χ2n) is 6.14. The van der Waals surface area contributed by atoms with Gasteiger partial charge in [-0.25, -0.2) is 4.90 Å². The number of methoxy groups -OCH3 is 1. The van der Waals surface area contributed by atoms with Gasteiger partial charge in [-0.2, -0.15) is 0 Å². The molecule has 0 saturated heterocycles. The third-order valence-electron chi connectivity index (χ3n) is 4.36. The Morgan fingerprint density at radius 1 is 1.07 bits per heavy atom. The van der Waals surface area contributed by atoms with E-state index in [4.69, 9.17) is 27.9 Å². The Balaban J connectivity index is 2.20. The van der Waals surface area contributed by atoms with E-state index < -0.39 is 11.8 Å². The number of aliphatic hydroxyl groups excluding tert-OH is 1. The molecule has 6 nitrogen and oxygen atoms in total. The van der Waals surface area contributed by atoms with Gasteiger partial charge in [0, 0.05) is 29.2 Å². The minimum atomic E-state index is -0.528. The van der Waals surface area contributed by atoms with Crippen molar-refractivity contribution in [3.05, 3.63) is 63.8 Å². The highest BCUT2D eigenvalue weighted by molar-refractivity contribution is 6.46. The van der Waals surface area contributed by atoms with E-state index in [1.165, 1.54) is 25.3 Å². The number of rotatable bonds is 6. The van der Waals surface area contributed by atoms with Crippen LogP contribution < -0.4 is 9.64 Å². The number of carbonyl (C=O) groups is 2. The summed E-state index contributed by atoms with van der Waals surface area (Å²) >= 11 is 12.1. The molecule has 0 atom stereocenters. The molecule has 2 aromatic rings. The number of likely N-dealkylation sites (N-methyl/N-ethyl adjacent to an activating group) is 1. The van der Waals surface area contributed by atoms with Crippen LogP contribution in [-0.4, -0.2) is 49.1 Å². The number of carbonyl (C=O) groups excluding carboxylic acids is 2. The largest absolute Gasteiger partial charge is 0.496 e. The molecule has 0 saturated carbocycles. The van der Waals surface area contributed by atoms with Gasteiger partial charge in [-0.1, -0.05) is 41.4 Å². The van der Waals surface area contributed by atoms with Crippen LogP contribution >= 0.6 is 23.2 Å². The summed E-state index contributed by atoms with van der Waals surface area (Å²) in [5.74, 6) is -0.590. The molecule has 0 radical (unpaired) electrons. The Morgan fingerprint density at radius 2 is 1.71 bits per heavy atom. The number of halogens is 2. The number of para-hydroxylation sites is 1. The van der Waals surface area contributed by atoms with Gasteiger partial charge in [-0.05, 0) is 24.3 Å². The number of anilines is 1. The zero-order valence-corrected chi connectivity index (χ0v) is 16.8. The van der Waals surface area contributed by atoms with Crippen molar-refractivity contribution in [1.29, 1.82) is 0 Å². The average molecular weight is 421 g/mol. The maximum absolute atomic E-state index is 13.3. The van der Waals surface area contributed by atoms with Gasteiger partial charge in [0.15, 0.2) is 0 Å². The molecule has 3 rings (SSSR count). The standard InChI is InChI=1S/C20H18Cl2N2O4/c1-23(7-8-25)18-17(15-5-3-4-6-16(15)28-2)19(26)24(20(18)27)14-10-12(21)9-13(22)11-14/h3-6,9-11,25H,7-8H2,1-2H3. The van der Waals surface area contributed by atoms with Gasteiger partial charge in [0.1, 0.15) is 11.4 Å². The Labute approximate surface area is 172 Å². The molecule has 1 aliphatic rings. The summed E-state index contributed by atoms with van der Waals surface area (Å²) in [5, 5.41) is 9.94. The lowest BCUT2D eigenvalue weighted by Gasteiger charge is -2.20. The topological polar surface area (TPSA) is 70.1 Å². The second-order valence-corrected chi connectivity index (χ2v) is 7.02. The van der Waals surface area contributed by atoms with Crippen LogP contribution in [0.3, 0.4) is 0 Å². The van der Waals surface area contributed by atoms with E-state index in [9.17, 15) is 14.7 Å². The first-order valence-corrected chi connectivity index (χ1v) is 9.19. The zero-order chi connectivity index (χ0) is 20.4. The summed E-state index contributed by atoms with van der Waals surface area (Å²) in [6.07, 6.45) is 0. The van der Waals surface area contributed by atoms with Crippen LogP contribution in [0.4, 0.5) is 5.69 Å². The molecule has 0 unspecified atom stereocenters. The van der Waals surface area contributed by atoms with Crippen molar-refractivity contribution in [2.24, 2.45) is 0 Å². The first-order chi connectivity index (χ1) is 13.4. The number of amides is 2. The molecule has 0 spiro atoms. The molecule has 2 aromatic carbocycles. The van der Waals surface area contributed by atoms with Crippen molar-refractivity contribution in [3.8, 4) is 5.75 Å². The Kier molecular flexibility index (Phi) is 5.93. The summed E-state index contributed by atoms with van der Waals surface area (Å²) in [6, 6.07) is 11.5. The molecular formula is C20H18Cl2N2O4. The van der Waals surface area contributed by atoms with Crippen molar-refractivity contribution in [1.82, 2.24) is 4.90 Å². The molecule has 0 bridgehead atoms. The Bertz CT molecular complexity index is 954. The molecule has 0 fully saturated rings. The van der Waals surface area contributed by atoms with E-state index in [0.29, 0.717) is 21.4 Å². The van der Waals surface area contributed by atoms with Crippen LogP contribution in [-0.2, 0) is 9.59 Å². The molecule has 1 heterocycles. The molecule has 8 heteroatoms. The van der Waals surface area contributed by atoms with Gasteiger partial charge in [0.2, 0.25) is 0 Å². The van der Waals surface area contributed by atoms with Crippen molar-refractivity contribution >= 4 is 46.3 Å². The molecule has 146 valence electrons. The normalized spacial score (nSPS) is 14.1. The lowest BCUT2D eigenvalue weighted by molar-refractivity contribution is -0.120. The predicted octanol–water partition coefficient (Wildman–Crippen LogP) is 3.21. The fourth-order valence-electron chi connectivity index (χ4n) is 3.13. The minimum absolute atomic E-state index is 0.166. The number of ether oxygens (including phenoxy) is 1. The van der Waals surface area contributed by atoms with E-state index in [0.717, 1.165) is 4.90 Å². The SMILES string of the molecule is COc1ccccc1C1=C(N(C)CCO)C(=O)N(c2cc(Cl)cc(Cl)c2)C1=O.